The van der Waals surface area contributed by atoms with E-state index < -0.39 is 25.9 Å². The molecule has 0 amide bonds. The highest BCUT2D eigenvalue weighted by Gasteiger charge is 2.40. The summed E-state index contributed by atoms with van der Waals surface area (Å²) in [4.78, 5) is 21.0. The van der Waals surface area contributed by atoms with Crippen molar-refractivity contribution in [2.24, 2.45) is 0 Å². The predicted molar refractivity (Wildman–Crippen MR) is 150 cm³/mol. The Bertz CT molecular complexity index is 1760. The second kappa shape index (κ2) is 7.58. The second-order valence-electron chi connectivity index (χ2n) is 9.53. The SMILES string of the molecule is O[Si]1(O)OC(c2c3ccccc3cc3c2ccc2cc4cc5ccccc5cc4cc23)C[SiH2][SiH2]1. The molecule has 0 saturated carbocycles. The maximum absolute atomic E-state index is 10.5. The van der Waals surface area contributed by atoms with Crippen molar-refractivity contribution in [2.75, 3.05) is 0 Å². The fraction of sp³-hybridized carbons (Fsp3) is 0.0714. The topological polar surface area (TPSA) is 49.7 Å². The van der Waals surface area contributed by atoms with Crippen molar-refractivity contribution in [3.05, 3.63) is 96.6 Å². The molecule has 3 nitrogen and oxygen atoms in total. The molecule has 2 N–H and O–H groups in total. The number of hydrogen-bond donors (Lipinski definition) is 2. The van der Waals surface area contributed by atoms with Crippen molar-refractivity contribution < 1.29 is 14.0 Å². The number of benzene rings is 6. The summed E-state index contributed by atoms with van der Waals surface area (Å²) in [5.74, 6) is 0. The van der Waals surface area contributed by atoms with E-state index in [-0.39, 0.29) is 6.10 Å². The van der Waals surface area contributed by atoms with Gasteiger partial charge in [0.15, 0.2) is 0 Å². The average Bonchev–Trinajstić information content (AvgIpc) is 2.84. The predicted octanol–water partition coefficient (Wildman–Crippen LogP) is 4.62. The molecule has 6 heteroatoms. The van der Waals surface area contributed by atoms with Gasteiger partial charge in [0.1, 0.15) is 8.55 Å². The molecule has 1 heterocycles. The summed E-state index contributed by atoms with van der Waals surface area (Å²) in [6.45, 7) is 0. The Labute approximate surface area is 202 Å². The van der Waals surface area contributed by atoms with Crippen molar-refractivity contribution in [3.8, 4) is 0 Å². The van der Waals surface area contributed by atoms with Gasteiger partial charge in [-0.3, -0.25) is 0 Å². The van der Waals surface area contributed by atoms with Crippen LogP contribution in [0.25, 0.3) is 53.9 Å². The third-order valence-corrected chi connectivity index (χ3v) is 23.7. The largest absolute Gasteiger partial charge is 0.453 e. The van der Waals surface area contributed by atoms with Gasteiger partial charge in [0, 0.05) is 9.04 Å². The van der Waals surface area contributed by atoms with Crippen LogP contribution >= 0.6 is 0 Å². The summed E-state index contributed by atoms with van der Waals surface area (Å²) < 4.78 is 6.05. The first kappa shape index (κ1) is 20.5. The maximum Gasteiger partial charge on any atom is 0.453 e. The number of hydrogen-bond acceptors (Lipinski definition) is 3. The van der Waals surface area contributed by atoms with Gasteiger partial charge >= 0.3 is 8.32 Å². The zero-order valence-corrected chi connectivity index (χ0v) is 22.5. The molecule has 0 radical (unpaired) electrons. The first-order valence-electron chi connectivity index (χ1n) is 11.9. The Morgan fingerprint density at radius 1 is 0.618 bits per heavy atom. The molecule has 1 aliphatic rings. The summed E-state index contributed by atoms with van der Waals surface area (Å²) in [5.41, 5.74) is 1.13. The Morgan fingerprint density at radius 3 is 2.00 bits per heavy atom. The van der Waals surface area contributed by atoms with Gasteiger partial charge in [-0.15, -0.1) is 0 Å². The van der Waals surface area contributed by atoms with E-state index in [0.29, 0.717) is 0 Å². The average molecular weight is 493 g/mol. The highest BCUT2D eigenvalue weighted by atomic mass is 29.6. The van der Waals surface area contributed by atoms with Gasteiger partial charge in [-0.1, -0.05) is 60.7 Å². The first-order valence-corrected chi connectivity index (χ1v) is 21.0. The van der Waals surface area contributed by atoms with Crippen LogP contribution < -0.4 is 0 Å². The quantitative estimate of drug-likeness (QED) is 0.200. The zero-order chi connectivity index (χ0) is 22.9. The molecule has 6 aromatic carbocycles. The standard InChI is InChI=1S/C28H24O3Si3/c29-34(30)31-27(16-32-33-34)28-23-8-4-3-7-19(23)14-26-24(28)10-9-20-13-21-11-17-5-1-2-6-18(17)12-22(21)15-25(20)26/h1-15,27,29-30H,16,32-33H2. The Morgan fingerprint density at radius 2 is 1.24 bits per heavy atom. The summed E-state index contributed by atoms with van der Waals surface area (Å²) in [5, 5.41) is 12.1. The molecule has 6 aromatic rings. The van der Waals surface area contributed by atoms with E-state index in [2.05, 4.69) is 91.0 Å². The molecule has 0 aliphatic carbocycles. The monoisotopic (exact) mass is 492 g/mol. The maximum atomic E-state index is 10.5. The lowest BCUT2D eigenvalue weighted by molar-refractivity contribution is 0.118. The minimum atomic E-state index is -3.43. The van der Waals surface area contributed by atoms with E-state index in [4.69, 9.17) is 4.43 Å². The summed E-state index contributed by atoms with van der Waals surface area (Å²) >= 11 is 0. The minimum Gasteiger partial charge on any atom is -0.393 e. The number of fused-ring (bicyclic) bond motifs is 6. The van der Waals surface area contributed by atoms with Crippen LogP contribution in [0, 0.1) is 0 Å². The highest BCUT2D eigenvalue weighted by Crippen LogP contribution is 2.41. The lowest BCUT2D eigenvalue weighted by atomic mass is 9.90. The van der Waals surface area contributed by atoms with Crippen molar-refractivity contribution in [1.29, 1.82) is 0 Å². The molecule has 1 unspecified atom stereocenters. The van der Waals surface area contributed by atoms with E-state index in [1.807, 2.05) is 0 Å². The molecule has 0 bridgehead atoms. The Balaban J connectivity index is 1.56. The van der Waals surface area contributed by atoms with Crippen LogP contribution in [0.15, 0.2) is 91.0 Å². The third kappa shape index (κ3) is 3.26. The molecular formula is C28H24O3Si3. The van der Waals surface area contributed by atoms with Gasteiger partial charge in [0.05, 0.1) is 6.10 Å². The molecule has 1 atom stereocenters. The summed E-state index contributed by atoms with van der Waals surface area (Å²) in [6, 6.07) is 33.8. The van der Waals surface area contributed by atoms with E-state index in [9.17, 15) is 9.59 Å². The van der Waals surface area contributed by atoms with Crippen LogP contribution in [0.4, 0.5) is 0 Å². The molecule has 0 spiro atoms. The van der Waals surface area contributed by atoms with E-state index in [0.717, 1.165) is 17.0 Å². The molecule has 1 saturated heterocycles. The number of rotatable bonds is 1. The van der Waals surface area contributed by atoms with Gasteiger partial charge in [0.25, 0.3) is 0 Å². The van der Waals surface area contributed by atoms with Crippen molar-refractivity contribution >= 4 is 79.8 Å². The highest BCUT2D eigenvalue weighted by molar-refractivity contribution is 7.37. The normalized spacial score (nSPS) is 19.8. The molecule has 34 heavy (non-hydrogen) atoms. The van der Waals surface area contributed by atoms with Crippen molar-refractivity contribution in [2.45, 2.75) is 12.1 Å². The second-order valence-corrected chi connectivity index (χ2v) is 23.9. The van der Waals surface area contributed by atoms with Gasteiger partial charge in [-0.2, -0.15) is 0 Å². The van der Waals surface area contributed by atoms with E-state index >= 15 is 0 Å². The van der Waals surface area contributed by atoms with Crippen LogP contribution in [0.2, 0.25) is 6.04 Å². The van der Waals surface area contributed by atoms with Gasteiger partial charge in [-0.05, 0) is 95.8 Å². The molecule has 0 aromatic heterocycles. The molecule has 1 fully saturated rings. The molecule has 7 rings (SSSR count). The molecule has 1 aliphatic heterocycles. The smallest absolute Gasteiger partial charge is 0.393 e. The minimum absolute atomic E-state index is 0.218. The lowest BCUT2D eigenvalue weighted by Gasteiger charge is -2.32. The van der Waals surface area contributed by atoms with Crippen LogP contribution in [0.5, 0.6) is 0 Å². The fourth-order valence-electron chi connectivity index (χ4n) is 5.76. The van der Waals surface area contributed by atoms with Crippen molar-refractivity contribution in [1.82, 2.24) is 0 Å². The van der Waals surface area contributed by atoms with Crippen LogP contribution in [-0.2, 0) is 4.43 Å². The first-order chi connectivity index (χ1) is 16.6. The Hall–Kier alpha value is -2.85. The lowest BCUT2D eigenvalue weighted by Crippen LogP contribution is -2.53. The third-order valence-electron chi connectivity index (χ3n) is 7.35. The molecule has 166 valence electrons. The fourth-order valence-corrected chi connectivity index (χ4v) is 19.4. The zero-order valence-electron chi connectivity index (χ0n) is 18.7. The van der Waals surface area contributed by atoms with Gasteiger partial charge in [0.2, 0.25) is 0 Å². The summed E-state index contributed by atoms with van der Waals surface area (Å²) in [6.07, 6.45) is -0.218. The van der Waals surface area contributed by atoms with Crippen molar-refractivity contribution in [3.63, 3.8) is 0 Å². The Kier molecular flexibility index (Phi) is 4.57. The summed E-state index contributed by atoms with van der Waals surface area (Å²) in [7, 11) is -4.67. The van der Waals surface area contributed by atoms with E-state index in [1.54, 1.807) is 0 Å². The van der Waals surface area contributed by atoms with Gasteiger partial charge < -0.3 is 14.0 Å². The van der Waals surface area contributed by atoms with Gasteiger partial charge in [-0.25, -0.2) is 0 Å². The van der Waals surface area contributed by atoms with Crippen LogP contribution in [0.3, 0.4) is 0 Å². The van der Waals surface area contributed by atoms with Crippen LogP contribution in [-0.4, -0.2) is 35.5 Å². The van der Waals surface area contributed by atoms with Crippen LogP contribution in [0.1, 0.15) is 11.7 Å². The molecular weight excluding hydrogens is 469 g/mol. The van der Waals surface area contributed by atoms with E-state index in [1.165, 1.54) is 48.5 Å².